The van der Waals surface area contributed by atoms with Crippen LogP contribution in [0.5, 0.6) is 0 Å². The summed E-state index contributed by atoms with van der Waals surface area (Å²) in [4.78, 5) is 32.4. The number of amides is 2. The fraction of sp³-hybridized carbons (Fsp3) is 0.286. The Morgan fingerprint density at radius 3 is 2.33 bits per heavy atom. The Bertz CT molecular complexity index is 833. The maximum atomic E-state index is 12.4. The van der Waals surface area contributed by atoms with Crippen LogP contribution in [0.15, 0.2) is 49.1 Å². The van der Waals surface area contributed by atoms with Gasteiger partial charge in [0, 0.05) is 43.2 Å². The molecule has 0 atom stereocenters. The third kappa shape index (κ3) is 4.53. The minimum atomic E-state index is -0.217. The summed E-state index contributed by atoms with van der Waals surface area (Å²) in [5.41, 5.74) is 4.05. The number of carbonyl (C=O) groups is 2. The monoisotopic (exact) mass is 364 g/mol. The third-order valence-corrected chi connectivity index (χ3v) is 4.59. The normalized spacial score (nSPS) is 14.0. The molecule has 1 saturated heterocycles. The predicted molar refractivity (Wildman–Crippen MR) is 107 cm³/mol. The molecule has 0 unspecified atom stereocenters. The zero-order chi connectivity index (χ0) is 19.4. The van der Waals surface area contributed by atoms with Gasteiger partial charge in [-0.1, -0.05) is 6.58 Å². The van der Waals surface area contributed by atoms with Gasteiger partial charge in [0.25, 0.3) is 5.91 Å². The number of pyridine rings is 1. The van der Waals surface area contributed by atoms with Crippen molar-refractivity contribution >= 4 is 23.2 Å². The van der Waals surface area contributed by atoms with Gasteiger partial charge in [-0.2, -0.15) is 0 Å². The smallest absolute Gasteiger partial charge is 0.274 e. The lowest BCUT2D eigenvalue weighted by molar-refractivity contribution is -0.126. The summed E-state index contributed by atoms with van der Waals surface area (Å²) >= 11 is 0. The molecule has 1 N–H and O–H groups in total. The first-order chi connectivity index (χ1) is 13.0. The van der Waals surface area contributed by atoms with Crippen LogP contribution in [0.1, 0.15) is 21.7 Å². The van der Waals surface area contributed by atoms with E-state index in [-0.39, 0.29) is 11.8 Å². The zero-order valence-corrected chi connectivity index (χ0v) is 15.7. The lowest BCUT2D eigenvalue weighted by atomic mass is 10.2. The fourth-order valence-electron chi connectivity index (χ4n) is 3.22. The number of nitrogens with zero attached hydrogens (tertiary/aromatic N) is 3. The van der Waals surface area contributed by atoms with Crippen LogP contribution in [-0.2, 0) is 4.79 Å². The second-order valence-electron chi connectivity index (χ2n) is 6.69. The number of hydrogen-bond acceptors (Lipinski definition) is 4. The van der Waals surface area contributed by atoms with E-state index < -0.39 is 0 Å². The Morgan fingerprint density at radius 2 is 1.74 bits per heavy atom. The average Bonchev–Trinajstić information content (AvgIpc) is 2.67. The van der Waals surface area contributed by atoms with Gasteiger partial charge in [-0.05, 0) is 61.9 Å². The number of hydrogen-bond donors (Lipinski definition) is 1. The molecule has 2 heterocycles. The Balaban J connectivity index is 1.61. The van der Waals surface area contributed by atoms with Gasteiger partial charge in [0.05, 0.1) is 0 Å². The van der Waals surface area contributed by atoms with Crippen LogP contribution in [-0.4, -0.2) is 47.9 Å². The van der Waals surface area contributed by atoms with Crippen molar-refractivity contribution in [3.05, 3.63) is 66.0 Å². The standard InChI is InChI=1S/C21H24N4O2/c1-4-20(26)25-11-9-24(10-12-25)18-7-5-17(6-8-18)23-21(27)19-14-15(2)13-16(3)22-19/h4-8,13-14H,1,9-12H2,2-3H3,(H,23,27). The predicted octanol–water partition coefficient (Wildman–Crippen LogP) is 2.79. The molecular formula is C21H24N4O2. The molecule has 0 saturated carbocycles. The topological polar surface area (TPSA) is 65.5 Å². The number of piperazine rings is 1. The first kappa shape index (κ1) is 18.6. The summed E-state index contributed by atoms with van der Waals surface area (Å²) in [6.07, 6.45) is 1.36. The molecule has 2 aromatic rings. The number of benzene rings is 1. The lowest BCUT2D eigenvalue weighted by Gasteiger charge is -2.35. The van der Waals surface area contributed by atoms with Crippen molar-refractivity contribution in [1.82, 2.24) is 9.88 Å². The van der Waals surface area contributed by atoms with Gasteiger partial charge >= 0.3 is 0 Å². The molecule has 1 fully saturated rings. The van der Waals surface area contributed by atoms with Gasteiger partial charge < -0.3 is 15.1 Å². The minimum Gasteiger partial charge on any atom is -0.368 e. The van der Waals surface area contributed by atoms with E-state index in [4.69, 9.17) is 0 Å². The average molecular weight is 364 g/mol. The zero-order valence-electron chi connectivity index (χ0n) is 15.7. The van der Waals surface area contributed by atoms with Crippen molar-refractivity contribution in [3.63, 3.8) is 0 Å². The first-order valence-electron chi connectivity index (χ1n) is 8.99. The van der Waals surface area contributed by atoms with Gasteiger partial charge in [-0.25, -0.2) is 4.98 Å². The van der Waals surface area contributed by atoms with Gasteiger partial charge in [0.2, 0.25) is 5.91 Å². The van der Waals surface area contributed by atoms with E-state index in [0.29, 0.717) is 18.8 Å². The molecule has 0 radical (unpaired) electrons. The Kier molecular flexibility index (Phi) is 5.54. The molecule has 0 aliphatic carbocycles. The van der Waals surface area contributed by atoms with Crippen LogP contribution in [0, 0.1) is 13.8 Å². The number of rotatable bonds is 4. The highest BCUT2D eigenvalue weighted by Crippen LogP contribution is 2.20. The summed E-state index contributed by atoms with van der Waals surface area (Å²) in [7, 11) is 0. The second-order valence-corrected chi connectivity index (χ2v) is 6.69. The van der Waals surface area contributed by atoms with Crippen LogP contribution < -0.4 is 10.2 Å². The molecule has 1 aromatic carbocycles. The van der Waals surface area contributed by atoms with Crippen molar-refractivity contribution in [2.24, 2.45) is 0 Å². The molecule has 1 aliphatic rings. The Morgan fingerprint density at radius 1 is 1.07 bits per heavy atom. The number of aromatic nitrogens is 1. The summed E-state index contributed by atoms with van der Waals surface area (Å²) < 4.78 is 0. The van der Waals surface area contributed by atoms with Gasteiger partial charge in [-0.3, -0.25) is 9.59 Å². The summed E-state index contributed by atoms with van der Waals surface area (Å²) in [5.74, 6) is -0.237. The highest BCUT2D eigenvalue weighted by molar-refractivity contribution is 6.03. The van der Waals surface area contributed by atoms with E-state index in [9.17, 15) is 9.59 Å². The second kappa shape index (κ2) is 8.03. The molecule has 1 aromatic heterocycles. The number of aryl methyl sites for hydroxylation is 2. The molecule has 6 heteroatoms. The van der Waals surface area contributed by atoms with Crippen molar-refractivity contribution in [2.75, 3.05) is 36.4 Å². The molecule has 1 aliphatic heterocycles. The lowest BCUT2D eigenvalue weighted by Crippen LogP contribution is -2.48. The number of carbonyl (C=O) groups excluding carboxylic acids is 2. The first-order valence-corrected chi connectivity index (χ1v) is 8.99. The highest BCUT2D eigenvalue weighted by atomic mass is 16.2. The summed E-state index contributed by atoms with van der Waals surface area (Å²) in [6, 6.07) is 11.5. The van der Waals surface area contributed by atoms with Crippen molar-refractivity contribution in [3.8, 4) is 0 Å². The Hall–Kier alpha value is -3.15. The van der Waals surface area contributed by atoms with E-state index in [1.54, 1.807) is 11.0 Å². The van der Waals surface area contributed by atoms with E-state index >= 15 is 0 Å². The van der Waals surface area contributed by atoms with Gasteiger partial charge in [-0.15, -0.1) is 0 Å². The van der Waals surface area contributed by atoms with Crippen LogP contribution >= 0.6 is 0 Å². The molecule has 0 spiro atoms. The molecule has 6 nitrogen and oxygen atoms in total. The quantitative estimate of drug-likeness (QED) is 0.848. The van der Waals surface area contributed by atoms with Crippen LogP contribution in [0.2, 0.25) is 0 Å². The van der Waals surface area contributed by atoms with Crippen LogP contribution in [0.4, 0.5) is 11.4 Å². The summed E-state index contributed by atoms with van der Waals surface area (Å²) in [5, 5.41) is 2.89. The largest absolute Gasteiger partial charge is 0.368 e. The number of nitrogens with one attached hydrogen (secondary N) is 1. The summed E-state index contributed by atoms with van der Waals surface area (Å²) in [6.45, 7) is 10.3. The minimum absolute atomic E-state index is 0.0206. The van der Waals surface area contributed by atoms with Crippen LogP contribution in [0.3, 0.4) is 0 Å². The fourth-order valence-corrected chi connectivity index (χ4v) is 3.22. The van der Waals surface area contributed by atoms with Gasteiger partial charge in [0.15, 0.2) is 0 Å². The SMILES string of the molecule is C=CC(=O)N1CCN(c2ccc(NC(=O)c3cc(C)cc(C)n3)cc2)CC1. The van der Waals surface area contributed by atoms with E-state index in [0.717, 1.165) is 35.7 Å². The molecular weight excluding hydrogens is 340 g/mol. The highest BCUT2D eigenvalue weighted by Gasteiger charge is 2.19. The Labute approximate surface area is 159 Å². The molecule has 27 heavy (non-hydrogen) atoms. The number of anilines is 2. The van der Waals surface area contributed by atoms with Crippen LogP contribution in [0.25, 0.3) is 0 Å². The molecule has 3 rings (SSSR count). The molecule has 2 amide bonds. The molecule has 0 bridgehead atoms. The maximum Gasteiger partial charge on any atom is 0.274 e. The van der Waals surface area contributed by atoms with Crippen molar-refractivity contribution < 1.29 is 9.59 Å². The maximum absolute atomic E-state index is 12.4. The van der Waals surface area contributed by atoms with E-state index in [1.165, 1.54) is 6.08 Å². The van der Waals surface area contributed by atoms with Gasteiger partial charge in [0.1, 0.15) is 5.69 Å². The van der Waals surface area contributed by atoms with E-state index in [2.05, 4.69) is 21.8 Å². The van der Waals surface area contributed by atoms with E-state index in [1.807, 2.05) is 44.2 Å². The molecule has 140 valence electrons. The third-order valence-electron chi connectivity index (χ3n) is 4.59. The van der Waals surface area contributed by atoms with Crippen molar-refractivity contribution in [2.45, 2.75) is 13.8 Å². The van der Waals surface area contributed by atoms with Crippen molar-refractivity contribution in [1.29, 1.82) is 0 Å².